The van der Waals surface area contributed by atoms with E-state index < -0.39 is 0 Å². The van der Waals surface area contributed by atoms with Gasteiger partial charge in [0.1, 0.15) is 5.58 Å². The van der Waals surface area contributed by atoms with Crippen molar-refractivity contribution in [2.24, 2.45) is 0 Å². The number of furan rings is 1. The van der Waals surface area contributed by atoms with Gasteiger partial charge in [0.2, 0.25) is 11.8 Å². The summed E-state index contributed by atoms with van der Waals surface area (Å²) in [5.41, 5.74) is 4.86. The minimum atomic E-state index is -0.126. The Morgan fingerprint density at radius 3 is 2.65 bits per heavy atom. The topological polar surface area (TPSA) is 84.2 Å². The first-order valence-corrected chi connectivity index (χ1v) is 11.5. The normalized spacial score (nSPS) is 11.1. The van der Waals surface area contributed by atoms with E-state index in [0.717, 1.165) is 42.4 Å². The van der Waals surface area contributed by atoms with Crippen LogP contribution in [0.1, 0.15) is 33.4 Å². The smallest absolute Gasteiger partial charge is 0.230 e. The highest BCUT2D eigenvalue weighted by atomic mass is 32.1. The fraction of sp³-hybridized carbons (Fsp3) is 0.261. The zero-order chi connectivity index (χ0) is 22.1. The SMILES string of the molecule is CC(=O)NCc1ccc(-c2nc(NC(=O)Cc3coc4cc(C)c(C)cc34)sc2C)s1. The Hall–Kier alpha value is -2.97. The molecular formula is C23H23N3O3S2. The fourth-order valence-corrected chi connectivity index (χ4v) is 5.20. The van der Waals surface area contributed by atoms with Gasteiger partial charge in [-0.2, -0.15) is 0 Å². The lowest BCUT2D eigenvalue weighted by molar-refractivity contribution is -0.119. The highest BCUT2D eigenvalue weighted by Gasteiger charge is 2.16. The molecule has 2 N–H and O–H groups in total. The van der Waals surface area contributed by atoms with Crippen molar-refractivity contribution >= 4 is 50.6 Å². The van der Waals surface area contributed by atoms with Gasteiger partial charge in [0.15, 0.2) is 5.13 Å². The number of thiazole rings is 1. The second-order valence-electron chi connectivity index (χ2n) is 7.52. The van der Waals surface area contributed by atoms with Crippen LogP contribution in [-0.4, -0.2) is 16.8 Å². The number of nitrogens with zero attached hydrogens (tertiary/aromatic N) is 1. The molecule has 3 aromatic heterocycles. The largest absolute Gasteiger partial charge is 0.464 e. The lowest BCUT2D eigenvalue weighted by Crippen LogP contribution is -2.17. The molecule has 0 unspecified atom stereocenters. The summed E-state index contributed by atoms with van der Waals surface area (Å²) >= 11 is 3.04. The first kappa shape index (κ1) is 21.3. The summed E-state index contributed by atoms with van der Waals surface area (Å²) in [6.45, 7) is 8.09. The Labute approximate surface area is 188 Å². The molecule has 160 valence electrons. The number of amides is 2. The van der Waals surface area contributed by atoms with Crippen LogP contribution in [-0.2, 0) is 22.6 Å². The van der Waals surface area contributed by atoms with Gasteiger partial charge in [-0.25, -0.2) is 4.98 Å². The molecule has 0 aliphatic heterocycles. The second-order valence-corrected chi connectivity index (χ2v) is 9.89. The average Bonchev–Trinajstić information content (AvgIpc) is 3.40. The standard InChI is InChI=1S/C23H23N3O3S2/c1-12-7-18-16(11-29-19(18)8-13(12)2)9-21(28)25-23-26-22(14(3)30-23)20-6-5-17(31-20)10-24-15(4)27/h5-8,11H,9-10H2,1-4H3,(H,24,27)(H,25,26,28). The van der Waals surface area contributed by atoms with Gasteiger partial charge in [0.25, 0.3) is 0 Å². The number of fused-ring (bicyclic) bond motifs is 1. The number of hydrogen-bond acceptors (Lipinski definition) is 6. The summed E-state index contributed by atoms with van der Waals surface area (Å²) < 4.78 is 5.64. The van der Waals surface area contributed by atoms with Gasteiger partial charge in [-0.3, -0.25) is 9.59 Å². The van der Waals surface area contributed by atoms with Crippen LogP contribution >= 0.6 is 22.7 Å². The molecule has 0 saturated carbocycles. The van der Waals surface area contributed by atoms with Crippen LogP contribution in [0.2, 0.25) is 0 Å². The van der Waals surface area contributed by atoms with Crippen LogP contribution in [0.25, 0.3) is 21.5 Å². The van der Waals surface area contributed by atoms with Gasteiger partial charge in [-0.1, -0.05) is 0 Å². The van der Waals surface area contributed by atoms with Crippen molar-refractivity contribution in [3.05, 3.63) is 57.0 Å². The minimum absolute atomic E-state index is 0.0551. The van der Waals surface area contributed by atoms with Crippen molar-refractivity contribution in [3.8, 4) is 10.6 Å². The molecule has 0 bridgehead atoms. The summed E-state index contributed by atoms with van der Waals surface area (Å²) in [5.74, 6) is -0.181. The summed E-state index contributed by atoms with van der Waals surface area (Å²) in [7, 11) is 0. The lowest BCUT2D eigenvalue weighted by atomic mass is 10.0. The number of nitrogens with one attached hydrogen (secondary N) is 2. The third-order valence-corrected chi connectivity index (χ3v) is 7.05. The third-order valence-electron chi connectivity index (χ3n) is 5.07. The van der Waals surface area contributed by atoms with Gasteiger partial charge in [0, 0.05) is 27.6 Å². The molecule has 6 nitrogen and oxygen atoms in total. The summed E-state index contributed by atoms with van der Waals surface area (Å²) in [5, 5.41) is 7.27. The molecule has 0 radical (unpaired) electrons. The van der Waals surface area contributed by atoms with Crippen molar-refractivity contribution in [1.82, 2.24) is 10.3 Å². The van der Waals surface area contributed by atoms with E-state index in [1.807, 2.05) is 32.0 Å². The second kappa shape index (κ2) is 8.64. The van der Waals surface area contributed by atoms with Crippen molar-refractivity contribution in [2.75, 3.05) is 5.32 Å². The maximum atomic E-state index is 12.7. The van der Waals surface area contributed by atoms with E-state index in [1.54, 1.807) is 17.6 Å². The zero-order valence-corrected chi connectivity index (χ0v) is 19.4. The lowest BCUT2D eigenvalue weighted by Gasteiger charge is -2.02. The molecule has 0 atom stereocenters. The Balaban J connectivity index is 1.46. The predicted molar refractivity (Wildman–Crippen MR) is 126 cm³/mol. The van der Waals surface area contributed by atoms with E-state index >= 15 is 0 Å². The maximum Gasteiger partial charge on any atom is 0.230 e. The summed E-state index contributed by atoms with van der Waals surface area (Å²) in [6.07, 6.45) is 1.88. The van der Waals surface area contributed by atoms with Crippen LogP contribution in [0, 0.1) is 20.8 Å². The van der Waals surface area contributed by atoms with Crippen molar-refractivity contribution in [2.45, 2.75) is 40.7 Å². The number of aromatic nitrogens is 1. The Bertz CT molecular complexity index is 1280. The third kappa shape index (κ3) is 4.70. The van der Waals surface area contributed by atoms with E-state index in [9.17, 15) is 9.59 Å². The molecule has 8 heteroatoms. The zero-order valence-electron chi connectivity index (χ0n) is 17.8. The molecule has 2 amide bonds. The minimum Gasteiger partial charge on any atom is -0.464 e. The van der Waals surface area contributed by atoms with Crippen LogP contribution in [0.5, 0.6) is 0 Å². The maximum absolute atomic E-state index is 12.7. The molecule has 0 aliphatic rings. The van der Waals surface area contributed by atoms with Crippen LogP contribution < -0.4 is 10.6 Å². The number of anilines is 1. The number of hydrogen-bond donors (Lipinski definition) is 2. The first-order valence-electron chi connectivity index (χ1n) is 9.88. The molecule has 1 aromatic carbocycles. The van der Waals surface area contributed by atoms with Gasteiger partial charge >= 0.3 is 0 Å². The summed E-state index contributed by atoms with van der Waals surface area (Å²) in [6, 6.07) is 8.06. The number of carbonyl (C=O) groups is 2. The molecule has 0 spiro atoms. The van der Waals surface area contributed by atoms with E-state index in [1.165, 1.54) is 23.8 Å². The van der Waals surface area contributed by atoms with E-state index in [0.29, 0.717) is 11.7 Å². The summed E-state index contributed by atoms with van der Waals surface area (Å²) in [4.78, 5) is 31.5. The van der Waals surface area contributed by atoms with Gasteiger partial charge in [0.05, 0.1) is 29.8 Å². The van der Waals surface area contributed by atoms with Crippen LogP contribution in [0.15, 0.2) is 34.9 Å². The van der Waals surface area contributed by atoms with Crippen LogP contribution in [0.4, 0.5) is 5.13 Å². The van der Waals surface area contributed by atoms with Crippen molar-refractivity contribution < 1.29 is 14.0 Å². The van der Waals surface area contributed by atoms with Gasteiger partial charge in [-0.15, -0.1) is 22.7 Å². The van der Waals surface area contributed by atoms with Crippen LogP contribution in [0.3, 0.4) is 0 Å². The molecule has 31 heavy (non-hydrogen) atoms. The Kier molecular flexibility index (Phi) is 5.93. The van der Waals surface area contributed by atoms with E-state index in [2.05, 4.69) is 28.6 Å². The average molecular weight is 454 g/mol. The van der Waals surface area contributed by atoms with Gasteiger partial charge < -0.3 is 15.1 Å². The van der Waals surface area contributed by atoms with E-state index in [-0.39, 0.29) is 18.2 Å². The number of benzene rings is 1. The Morgan fingerprint density at radius 1 is 1.10 bits per heavy atom. The molecule has 0 fully saturated rings. The quantitative estimate of drug-likeness (QED) is 0.412. The molecule has 4 aromatic rings. The highest BCUT2D eigenvalue weighted by Crippen LogP contribution is 2.35. The molecule has 3 heterocycles. The van der Waals surface area contributed by atoms with Crippen molar-refractivity contribution in [1.29, 1.82) is 0 Å². The Morgan fingerprint density at radius 2 is 1.87 bits per heavy atom. The molecule has 0 aliphatic carbocycles. The molecule has 0 saturated heterocycles. The predicted octanol–water partition coefficient (Wildman–Crippen LogP) is 5.36. The monoisotopic (exact) mass is 453 g/mol. The van der Waals surface area contributed by atoms with Crippen molar-refractivity contribution in [3.63, 3.8) is 0 Å². The number of carbonyl (C=O) groups excluding carboxylic acids is 2. The molecular weight excluding hydrogens is 430 g/mol. The number of rotatable bonds is 6. The molecule has 4 rings (SSSR count). The van der Waals surface area contributed by atoms with Gasteiger partial charge in [-0.05, 0) is 56.2 Å². The highest BCUT2D eigenvalue weighted by molar-refractivity contribution is 7.18. The fourth-order valence-electron chi connectivity index (χ4n) is 3.30. The number of aryl methyl sites for hydroxylation is 3. The van der Waals surface area contributed by atoms with E-state index in [4.69, 9.17) is 4.42 Å². The number of thiophene rings is 1. The first-order chi connectivity index (χ1) is 14.8.